The van der Waals surface area contributed by atoms with Gasteiger partial charge in [0.1, 0.15) is 0 Å². The van der Waals surface area contributed by atoms with E-state index in [0.717, 1.165) is 17.0 Å². The predicted octanol–water partition coefficient (Wildman–Crippen LogP) is 4.38. The smallest absolute Gasteiger partial charge is 0.167 e. The summed E-state index contributed by atoms with van der Waals surface area (Å²) in [5.41, 5.74) is 2.08. The first-order valence-electron chi connectivity index (χ1n) is 7.22. The molecule has 0 saturated heterocycles. The molecule has 0 atom stereocenters. The highest BCUT2D eigenvalue weighted by Crippen LogP contribution is 2.28. The van der Waals surface area contributed by atoms with Crippen LogP contribution in [-0.2, 0) is 6.54 Å². The van der Waals surface area contributed by atoms with Crippen molar-refractivity contribution in [3.8, 4) is 11.3 Å². The van der Waals surface area contributed by atoms with Gasteiger partial charge in [-0.15, -0.1) is 0 Å². The summed E-state index contributed by atoms with van der Waals surface area (Å²) >= 11 is 0. The summed E-state index contributed by atoms with van der Waals surface area (Å²) in [5.74, 6) is 0.817. The van der Waals surface area contributed by atoms with Crippen molar-refractivity contribution in [3.05, 3.63) is 54.2 Å². The molecular formula is C18H20N2O. The van der Waals surface area contributed by atoms with Crippen molar-refractivity contribution in [2.24, 2.45) is 0 Å². The number of nitrogens with zero attached hydrogens (tertiary/aromatic N) is 1. The van der Waals surface area contributed by atoms with Crippen LogP contribution < -0.4 is 5.32 Å². The first-order chi connectivity index (χ1) is 10.0. The molecule has 108 valence electrons. The molecule has 0 amide bonds. The molecule has 0 bridgehead atoms. The molecule has 0 aliphatic heterocycles. The maximum atomic E-state index is 5.53. The van der Waals surface area contributed by atoms with Crippen LogP contribution in [0.25, 0.3) is 22.1 Å². The standard InChI is InChI=1S/C18H20N2O/c1-18(2,3)19-12-14-11-17(21-20-14)16-10-6-8-13-7-4-5-9-15(13)16/h4-11,19H,12H2,1-3H3. The Morgan fingerprint density at radius 2 is 1.81 bits per heavy atom. The van der Waals surface area contributed by atoms with E-state index in [1.807, 2.05) is 24.3 Å². The number of benzene rings is 2. The van der Waals surface area contributed by atoms with Crippen LogP contribution in [0.4, 0.5) is 0 Å². The van der Waals surface area contributed by atoms with Gasteiger partial charge in [-0.2, -0.15) is 0 Å². The fourth-order valence-corrected chi connectivity index (χ4v) is 2.32. The van der Waals surface area contributed by atoms with Gasteiger partial charge in [0, 0.05) is 23.7 Å². The number of hydrogen-bond acceptors (Lipinski definition) is 3. The topological polar surface area (TPSA) is 38.1 Å². The molecule has 1 N–H and O–H groups in total. The highest BCUT2D eigenvalue weighted by atomic mass is 16.5. The molecule has 3 aromatic rings. The van der Waals surface area contributed by atoms with Gasteiger partial charge < -0.3 is 9.84 Å². The molecule has 0 spiro atoms. The SMILES string of the molecule is CC(C)(C)NCc1cc(-c2cccc3ccccc23)on1. The Morgan fingerprint density at radius 1 is 1.05 bits per heavy atom. The number of hydrogen-bond donors (Lipinski definition) is 1. The average Bonchev–Trinajstić information content (AvgIpc) is 2.92. The second-order valence-corrected chi connectivity index (χ2v) is 6.31. The molecule has 0 radical (unpaired) electrons. The molecule has 3 nitrogen and oxygen atoms in total. The molecule has 0 saturated carbocycles. The van der Waals surface area contributed by atoms with Crippen molar-refractivity contribution in [3.63, 3.8) is 0 Å². The van der Waals surface area contributed by atoms with Crippen LogP contribution in [0.5, 0.6) is 0 Å². The lowest BCUT2D eigenvalue weighted by atomic mass is 10.0. The monoisotopic (exact) mass is 280 g/mol. The van der Waals surface area contributed by atoms with Gasteiger partial charge >= 0.3 is 0 Å². The van der Waals surface area contributed by atoms with E-state index in [2.05, 4.69) is 55.5 Å². The molecule has 2 aromatic carbocycles. The first-order valence-corrected chi connectivity index (χ1v) is 7.22. The van der Waals surface area contributed by atoms with E-state index in [0.29, 0.717) is 6.54 Å². The quantitative estimate of drug-likeness (QED) is 0.773. The summed E-state index contributed by atoms with van der Waals surface area (Å²) < 4.78 is 5.53. The summed E-state index contributed by atoms with van der Waals surface area (Å²) in [6.45, 7) is 7.12. The third-order valence-corrected chi connectivity index (χ3v) is 3.41. The lowest BCUT2D eigenvalue weighted by Gasteiger charge is -2.19. The predicted molar refractivity (Wildman–Crippen MR) is 86.0 cm³/mol. The molecule has 3 heteroatoms. The fraction of sp³-hybridized carbons (Fsp3) is 0.278. The molecule has 3 rings (SSSR count). The van der Waals surface area contributed by atoms with Gasteiger partial charge in [0.2, 0.25) is 0 Å². The van der Waals surface area contributed by atoms with E-state index in [9.17, 15) is 0 Å². The van der Waals surface area contributed by atoms with Gasteiger partial charge in [-0.1, -0.05) is 47.6 Å². The van der Waals surface area contributed by atoms with Crippen LogP contribution in [0, 0.1) is 0 Å². The lowest BCUT2D eigenvalue weighted by Crippen LogP contribution is -2.35. The van der Waals surface area contributed by atoms with Crippen LogP contribution in [0.15, 0.2) is 53.1 Å². The van der Waals surface area contributed by atoms with E-state index in [1.54, 1.807) is 0 Å². The number of nitrogens with one attached hydrogen (secondary N) is 1. The van der Waals surface area contributed by atoms with Crippen molar-refractivity contribution in [2.45, 2.75) is 32.9 Å². The van der Waals surface area contributed by atoms with Gasteiger partial charge in [0.05, 0.1) is 5.69 Å². The van der Waals surface area contributed by atoms with E-state index in [4.69, 9.17) is 4.52 Å². The van der Waals surface area contributed by atoms with Crippen LogP contribution >= 0.6 is 0 Å². The second-order valence-electron chi connectivity index (χ2n) is 6.31. The van der Waals surface area contributed by atoms with E-state index in [1.165, 1.54) is 10.8 Å². The number of aromatic nitrogens is 1. The summed E-state index contributed by atoms with van der Waals surface area (Å²) in [5, 5.41) is 9.98. The number of fused-ring (bicyclic) bond motifs is 1. The van der Waals surface area contributed by atoms with E-state index in [-0.39, 0.29) is 5.54 Å². The van der Waals surface area contributed by atoms with Crippen LogP contribution in [0.3, 0.4) is 0 Å². The van der Waals surface area contributed by atoms with E-state index >= 15 is 0 Å². The maximum Gasteiger partial charge on any atom is 0.167 e. The zero-order chi connectivity index (χ0) is 14.9. The zero-order valence-corrected chi connectivity index (χ0v) is 12.7. The first kappa shape index (κ1) is 13.8. The van der Waals surface area contributed by atoms with Crippen LogP contribution in [-0.4, -0.2) is 10.7 Å². The molecule has 1 heterocycles. The van der Waals surface area contributed by atoms with Gasteiger partial charge in [-0.25, -0.2) is 0 Å². The Hall–Kier alpha value is -2.13. The Morgan fingerprint density at radius 3 is 2.62 bits per heavy atom. The van der Waals surface area contributed by atoms with Gasteiger partial charge in [-0.3, -0.25) is 0 Å². The van der Waals surface area contributed by atoms with Gasteiger partial charge in [0.25, 0.3) is 0 Å². The summed E-state index contributed by atoms with van der Waals surface area (Å²) in [6, 6.07) is 16.6. The molecule has 0 aliphatic rings. The average molecular weight is 280 g/mol. The molecular weight excluding hydrogens is 260 g/mol. The zero-order valence-electron chi connectivity index (χ0n) is 12.7. The van der Waals surface area contributed by atoms with Gasteiger partial charge in [0.15, 0.2) is 5.76 Å². The Bertz CT molecular complexity index is 748. The summed E-state index contributed by atoms with van der Waals surface area (Å²) in [6.07, 6.45) is 0. The largest absolute Gasteiger partial charge is 0.356 e. The third kappa shape index (κ3) is 3.14. The molecule has 0 unspecified atom stereocenters. The summed E-state index contributed by atoms with van der Waals surface area (Å²) in [7, 11) is 0. The van der Waals surface area contributed by atoms with Crippen molar-refractivity contribution < 1.29 is 4.52 Å². The minimum atomic E-state index is 0.0680. The highest BCUT2D eigenvalue weighted by Gasteiger charge is 2.13. The van der Waals surface area contributed by atoms with Crippen molar-refractivity contribution in [2.75, 3.05) is 0 Å². The van der Waals surface area contributed by atoms with Crippen LogP contribution in [0.2, 0.25) is 0 Å². The Labute approximate surface area is 125 Å². The van der Waals surface area contributed by atoms with Crippen LogP contribution in [0.1, 0.15) is 26.5 Å². The van der Waals surface area contributed by atoms with Gasteiger partial charge in [-0.05, 0) is 31.5 Å². The minimum Gasteiger partial charge on any atom is -0.356 e. The summed E-state index contributed by atoms with van der Waals surface area (Å²) in [4.78, 5) is 0. The minimum absolute atomic E-state index is 0.0680. The highest BCUT2D eigenvalue weighted by molar-refractivity contribution is 5.95. The second kappa shape index (κ2) is 5.34. The van der Waals surface area contributed by atoms with Crippen molar-refractivity contribution in [1.29, 1.82) is 0 Å². The normalized spacial score (nSPS) is 12.0. The Balaban J connectivity index is 1.92. The molecule has 0 aliphatic carbocycles. The van der Waals surface area contributed by atoms with Crippen molar-refractivity contribution >= 4 is 10.8 Å². The fourth-order valence-electron chi connectivity index (χ4n) is 2.32. The lowest BCUT2D eigenvalue weighted by molar-refractivity contribution is 0.392. The Kier molecular flexibility index (Phi) is 3.52. The van der Waals surface area contributed by atoms with Crippen molar-refractivity contribution in [1.82, 2.24) is 10.5 Å². The molecule has 1 aromatic heterocycles. The van der Waals surface area contributed by atoms with E-state index < -0.39 is 0 Å². The molecule has 21 heavy (non-hydrogen) atoms. The number of rotatable bonds is 3. The molecule has 0 fully saturated rings. The third-order valence-electron chi connectivity index (χ3n) is 3.41. The maximum absolute atomic E-state index is 5.53.